The van der Waals surface area contributed by atoms with E-state index in [0.29, 0.717) is 16.3 Å². The molecule has 0 amide bonds. The zero-order chi connectivity index (χ0) is 15.4. The second-order valence-corrected chi connectivity index (χ2v) is 4.81. The largest absolute Gasteiger partial charge is 0.390 e. The summed E-state index contributed by atoms with van der Waals surface area (Å²) in [5.74, 6) is 0. The van der Waals surface area contributed by atoms with Crippen LogP contribution in [-0.4, -0.2) is 19.8 Å². The molecular formula is C13H14ClN3O4. The number of hydrogen-bond donors (Lipinski definition) is 1. The summed E-state index contributed by atoms with van der Waals surface area (Å²) in [7, 11) is 0. The molecule has 0 fully saturated rings. The van der Waals surface area contributed by atoms with Crippen LogP contribution in [-0.2, 0) is 18.1 Å². The maximum absolute atomic E-state index is 11.0. The van der Waals surface area contributed by atoms with Crippen LogP contribution in [0.2, 0.25) is 5.02 Å². The highest BCUT2D eigenvalue weighted by molar-refractivity contribution is 6.30. The Morgan fingerprint density at radius 1 is 1.52 bits per heavy atom. The first kappa shape index (κ1) is 15.4. The van der Waals surface area contributed by atoms with Gasteiger partial charge in [-0.05, 0) is 25.1 Å². The Bertz CT molecular complexity index is 644. The van der Waals surface area contributed by atoms with Crippen molar-refractivity contribution >= 4 is 17.3 Å². The molecule has 2 aromatic rings. The molecule has 1 aromatic heterocycles. The van der Waals surface area contributed by atoms with E-state index in [4.69, 9.17) is 21.4 Å². The second-order valence-electron chi connectivity index (χ2n) is 4.38. The maximum Gasteiger partial charge on any atom is 0.275 e. The molecule has 1 atom stereocenters. The summed E-state index contributed by atoms with van der Waals surface area (Å²) in [6.07, 6.45) is 1.00. The number of nitro benzene ring substituents is 1. The molecule has 2 rings (SSSR count). The van der Waals surface area contributed by atoms with Gasteiger partial charge in [-0.1, -0.05) is 11.6 Å². The SMILES string of the molecule is CC(OCn1nccc1CO)c1cc(Cl)ccc1[N+](=O)[O-]. The third kappa shape index (κ3) is 3.57. The number of benzene rings is 1. The number of halogens is 1. The lowest BCUT2D eigenvalue weighted by atomic mass is 10.1. The van der Waals surface area contributed by atoms with Crippen molar-refractivity contribution in [3.05, 3.63) is 56.9 Å². The number of hydrogen-bond acceptors (Lipinski definition) is 5. The Morgan fingerprint density at radius 3 is 2.95 bits per heavy atom. The zero-order valence-electron chi connectivity index (χ0n) is 11.3. The van der Waals surface area contributed by atoms with Crippen molar-refractivity contribution in [2.24, 2.45) is 0 Å². The van der Waals surface area contributed by atoms with Crippen LogP contribution in [0, 0.1) is 10.1 Å². The molecule has 21 heavy (non-hydrogen) atoms. The summed E-state index contributed by atoms with van der Waals surface area (Å²) in [6.45, 7) is 1.61. The van der Waals surface area contributed by atoms with E-state index >= 15 is 0 Å². The molecule has 1 aromatic carbocycles. The van der Waals surface area contributed by atoms with Crippen molar-refractivity contribution in [1.82, 2.24) is 9.78 Å². The molecular weight excluding hydrogens is 298 g/mol. The first-order chi connectivity index (χ1) is 10.0. The highest BCUT2D eigenvalue weighted by Crippen LogP contribution is 2.30. The number of aromatic nitrogens is 2. The minimum Gasteiger partial charge on any atom is -0.390 e. The van der Waals surface area contributed by atoms with Crippen LogP contribution in [0.1, 0.15) is 24.3 Å². The van der Waals surface area contributed by atoms with Gasteiger partial charge in [0, 0.05) is 17.3 Å². The minimum atomic E-state index is -0.542. The number of aliphatic hydroxyl groups is 1. The van der Waals surface area contributed by atoms with E-state index in [1.54, 1.807) is 19.2 Å². The fourth-order valence-electron chi connectivity index (χ4n) is 1.90. The van der Waals surface area contributed by atoms with Gasteiger partial charge < -0.3 is 9.84 Å². The first-order valence-electron chi connectivity index (χ1n) is 6.20. The maximum atomic E-state index is 11.0. The lowest BCUT2D eigenvalue weighted by Crippen LogP contribution is -2.11. The summed E-state index contributed by atoms with van der Waals surface area (Å²) < 4.78 is 7.07. The lowest BCUT2D eigenvalue weighted by molar-refractivity contribution is -0.386. The number of aliphatic hydroxyl groups excluding tert-OH is 1. The Balaban J connectivity index is 2.15. The van der Waals surface area contributed by atoms with Crippen molar-refractivity contribution < 1.29 is 14.8 Å². The van der Waals surface area contributed by atoms with E-state index in [9.17, 15) is 10.1 Å². The van der Waals surface area contributed by atoms with Gasteiger partial charge in [0.25, 0.3) is 5.69 Å². The fourth-order valence-corrected chi connectivity index (χ4v) is 2.08. The molecule has 0 saturated heterocycles. The standard InChI is InChI=1S/C13H14ClN3O4/c1-9(21-8-16-11(7-18)4-5-15-16)12-6-10(14)2-3-13(12)17(19)20/h2-6,9,18H,7-8H2,1H3. The smallest absolute Gasteiger partial charge is 0.275 e. The van der Waals surface area contributed by atoms with Crippen LogP contribution < -0.4 is 0 Å². The van der Waals surface area contributed by atoms with Gasteiger partial charge in [0.1, 0.15) is 6.73 Å². The molecule has 1 N–H and O–H groups in total. The Morgan fingerprint density at radius 2 is 2.29 bits per heavy atom. The lowest BCUT2D eigenvalue weighted by Gasteiger charge is -2.15. The highest BCUT2D eigenvalue weighted by atomic mass is 35.5. The Labute approximate surface area is 125 Å². The van der Waals surface area contributed by atoms with Gasteiger partial charge in [-0.25, -0.2) is 4.68 Å². The van der Waals surface area contributed by atoms with Crippen molar-refractivity contribution in [3.63, 3.8) is 0 Å². The van der Waals surface area contributed by atoms with Crippen LogP contribution in [0.5, 0.6) is 0 Å². The van der Waals surface area contributed by atoms with Gasteiger partial charge in [0.2, 0.25) is 0 Å². The van der Waals surface area contributed by atoms with Crippen LogP contribution >= 0.6 is 11.6 Å². The summed E-state index contributed by atoms with van der Waals surface area (Å²) in [6, 6.07) is 5.99. The quantitative estimate of drug-likeness (QED) is 0.654. The highest BCUT2D eigenvalue weighted by Gasteiger charge is 2.20. The predicted molar refractivity (Wildman–Crippen MR) is 75.8 cm³/mol. The number of nitro groups is 1. The van der Waals surface area contributed by atoms with E-state index in [1.807, 2.05) is 0 Å². The fraction of sp³-hybridized carbons (Fsp3) is 0.308. The molecule has 7 nitrogen and oxygen atoms in total. The molecule has 0 radical (unpaired) electrons. The van der Waals surface area contributed by atoms with Gasteiger partial charge in [-0.2, -0.15) is 5.10 Å². The van der Waals surface area contributed by atoms with E-state index in [-0.39, 0.29) is 19.0 Å². The normalized spacial score (nSPS) is 12.3. The van der Waals surface area contributed by atoms with E-state index in [2.05, 4.69) is 5.10 Å². The summed E-state index contributed by atoms with van der Waals surface area (Å²) in [4.78, 5) is 10.6. The van der Waals surface area contributed by atoms with Crippen LogP contribution in [0.4, 0.5) is 5.69 Å². The van der Waals surface area contributed by atoms with Crippen LogP contribution in [0.25, 0.3) is 0 Å². The van der Waals surface area contributed by atoms with E-state index < -0.39 is 11.0 Å². The predicted octanol–water partition coefficient (Wildman–Crippen LogP) is 2.67. The van der Waals surface area contributed by atoms with E-state index in [0.717, 1.165) is 0 Å². The van der Waals surface area contributed by atoms with Gasteiger partial charge in [-0.3, -0.25) is 10.1 Å². The Hall–Kier alpha value is -1.96. The minimum absolute atomic E-state index is 0.0465. The molecule has 0 saturated carbocycles. The molecule has 8 heteroatoms. The van der Waals surface area contributed by atoms with Crippen LogP contribution in [0.3, 0.4) is 0 Å². The molecule has 0 spiro atoms. The molecule has 112 valence electrons. The van der Waals surface area contributed by atoms with Gasteiger partial charge in [0.05, 0.1) is 28.9 Å². The van der Waals surface area contributed by atoms with Crippen molar-refractivity contribution in [2.75, 3.05) is 0 Å². The van der Waals surface area contributed by atoms with Crippen molar-refractivity contribution in [3.8, 4) is 0 Å². The summed E-state index contributed by atoms with van der Waals surface area (Å²) in [5, 5.41) is 24.6. The molecule has 0 aliphatic carbocycles. The number of nitrogens with zero attached hydrogens (tertiary/aromatic N) is 3. The summed E-state index contributed by atoms with van der Waals surface area (Å²) >= 11 is 5.88. The molecule has 0 bridgehead atoms. The van der Waals surface area contributed by atoms with Crippen LogP contribution in [0.15, 0.2) is 30.5 Å². The second kappa shape index (κ2) is 6.66. The van der Waals surface area contributed by atoms with Crippen molar-refractivity contribution in [2.45, 2.75) is 26.4 Å². The topological polar surface area (TPSA) is 90.4 Å². The third-order valence-electron chi connectivity index (χ3n) is 3.04. The molecule has 1 unspecified atom stereocenters. The van der Waals surface area contributed by atoms with Gasteiger partial charge in [-0.15, -0.1) is 0 Å². The zero-order valence-corrected chi connectivity index (χ0v) is 12.0. The van der Waals surface area contributed by atoms with E-state index in [1.165, 1.54) is 22.9 Å². The van der Waals surface area contributed by atoms with Crippen molar-refractivity contribution in [1.29, 1.82) is 0 Å². The monoisotopic (exact) mass is 311 g/mol. The number of rotatable bonds is 6. The van der Waals surface area contributed by atoms with Gasteiger partial charge in [0.15, 0.2) is 0 Å². The molecule has 0 aliphatic rings. The molecule has 1 heterocycles. The average molecular weight is 312 g/mol. The first-order valence-corrected chi connectivity index (χ1v) is 6.57. The average Bonchev–Trinajstić information content (AvgIpc) is 2.91. The van der Waals surface area contributed by atoms with Gasteiger partial charge >= 0.3 is 0 Å². The summed E-state index contributed by atoms with van der Waals surface area (Å²) in [5.41, 5.74) is 0.947. The number of ether oxygens (including phenoxy) is 1. The Kier molecular flexibility index (Phi) is 4.89. The molecule has 0 aliphatic heterocycles. The third-order valence-corrected chi connectivity index (χ3v) is 3.27.